The molecule has 68 valence electrons. The number of aldehydes is 1. The van der Waals surface area contributed by atoms with Gasteiger partial charge in [0, 0.05) is 18.4 Å². The Kier molecular flexibility index (Phi) is 2.27. The predicted molar refractivity (Wildman–Crippen MR) is 46.5 cm³/mol. The lowest BCUT2D eigenvalue weighted by Crippen LogP contribution is -2.11. The van der Waals surface area contributed by atoms with Gasteiger partial charge in [-0.05, 0) is 11.6 Å². The van der Waals surface area contributed by atoms with Crippen LogP contribution in [0.4, 0.5) is 0 Å². The van der Waals surface area contributed by atoms with Gasteiger partial charge in [-0.1, -0.05) is 12.1 Å². The first-order valence-electron chi connectivity index (χ1n) is 4.25. The normalized spacial score (nSPS) is 14.5. The molecule has 0 saturated heterocycles. The van der Waals surface area contributed by atoms with E-state index in [9.17, 15) is 4.79 Å². The Bertz CT molecular complexity index is 320. The van der Waals surface area contributed by atoms with Crippen LogP contribution in [0.2, 0.25) is 0 Å². The molecule has 1 heterocycles. The van der Waals surface area contributed by atoms with Crippen LogP contribution in [0.5, 0.6) is 5.75 Å². The molecule has 1 aliphatic rings. The number of hydrogen-bond donors (Lipinski definition) is 0. The second-order valence-corrected chi connectivity index (χ2v) is 2.97. The van der Waals surface area contributed by atoms with Gasteiger partial charge in [-0.2, -0.15) is 4.89 Å². The molecule has 1 aliphatic heterocycles. The molecule has 0 amide bonds. The van der Waals surface area contributed by atoms with Crippen molar-refractivity contribution in [3.63, 3.8) is 0 Å². The smallest absolute Gasteiger partial charge is 0.168 e. The van der Waals surface area contributed by atoms with Crippen LogP contribution in [0.25, 0.3) is 0 Å². The standard InChI is InChI=1S/C10H10O3/c11-5-3-8-1-2-10-9(7-8)4-6-12-13-10/h1-2,5,7H,3-4,6H2. The molecule has 0 radical (unpaired) electrons. The van der Waals surface area contributed by atoms with Crippen LogP contribution in [0.3, 0.4) is 0 Å². The fourth-order valence-electron chi connectivity index (χ4n) is 1.39. The van der Waals surface area contributed by atoms with Crippen LogP contribution < -0.4 is 4.89 Å². The number of benzene rings is 1. The van der Waals surface area contributed by atoms with E-state index in [1.807, 2.05) is 18.2 Å². The zero-order valence-corrected chi connectivity index (χ0v) is 7.16. The Hall–Kier alpha value is -1.35. The monoisotopic (exact) mass is 178 g/mol. The Morgan fingerprint density at radius 3 is 3.23 bits per heavy atom. The van der Waals surface area contributed by atoms with E-state index in [-0.39, 0.29) is 0 Å². The third kappa shape index (κ3) is 1.70. The maximum absolute atomic E-state index is 10.3. The van der Waals surface area contributed by atoms with Gasteiger partial charge >= 0.3 is 0 Å². The molecule has 0 bridgehead atoms. The molecule has 0 unspecified atom stereocenters. The summed E-state index contributed by atoms with van der Waals surface area (Å²) in [6.45, 7) is 0.581. The Morgan fingerprint density at radius 1 is 1.46 bits per heavy atom. The first-order valence-corrected chi connectivity index (χ1v) is 4.25. The van der Waals surface area contributed by atoms with E-state index in [2.05, 4.69) is 0 Å². The summed E-state index contributed by atoms with van der Waals surface area (Å²) in [6, 6.07) is 5.71. The lowest BCUT2D eigenvalue weighted by molar-refractivity contribution is -0.215. The highest BCUT2D eigenvalue weighted by Gasteiger charge is 2.11. The van der Waals surface area contributed by atoms with Crippen molar-refractivity contribution in [1.82, 2.24) is 0 Å². The first kappa shape index (κ1) is 8.26. The lowest BCUT2D eigenvalue weighted by atomic mass is 10.1. The summed E-state index contributed by atoms with van der Waals surface area (Å²) < 4.78 is 0. The van der Waals surface area contributed by atoms with E-state index in [1.165, 1.54) is 0 Å². The van der Waals surface area contributed by atoms with E-state index in [4.69, 9.17) is 9.78 Å². The molecule has 13 heavy (non-hydrogen) atoms. The summed E-state index contributed by atoms with van der Waals surface area (Å²) in [6.07, 6.45) is 2.22. The Labute approximate surface area is 76.2 Å². The van der Waals surface area contributed by atoms with Crippen LogP contribution in [-0.2, 0) is 22.5 Å². The summed E-state index contributed by atoms with van der Waals surface area (Å²) >= 11 is 0. The maximum atomic E-state index is 10.3. The summed E-state index contributed by atoms with van der Waals surface area (Å²) in [4.78, 5) is 20.1. The van der Waals surface area contributed by atoms with Gasteiger partial charge < -0.3 is 9.68 Å². The molecule has 0 saturated carbocycles. The number of carbonyl (C=O) groups is 1. The molecule has 0 spiro atoms. The topological polar surface area (TPSA) is 35.5 Å². The maximum Gasteiger partial charge on any atom is 0.168 e. The van der Waals surface area contributed by atoms with Crippen LogP contribution in [-0.4, -0.2) is 12.9 Å². The number of rotatable bonds is 2. The van der Waals surface area contributed by atoms with Crippen LogP contribution in [0, 0.1) is 0 Å². The minimum Gasteiger partial charge on any atom is -0.337 e. The average molecular weight is 178 g/mol. The van der Waals surface area contributed by atoms with Gasteiger partial charge in [-0.25, -0.2) is 0 Å². The van der Waals surface area contributed by atoms with Crippen molar-refractivity contribution in [2.75, 3.05) is 6.61 Å². The van der Waals surface area contributed by atoms with E-state index in [0.29, 0.717) is 13.0 Å². The average Bonchev–Trinajstić information content (AvgIpc) is 2.18. The fourth-order valence-corrected chi connectivity index (χ4v) is 1.39. The molecule has 1 aromatic carbocycles. The van der Waals surface area contributed by atoms with Gasteiger partial charge in [-0.3, -0.25) is 0 Å². The zero-order valence-electron chi connectivity index (χ0n) is 7.16. The second kappa shape index (κ2) is 3.58. The molecule has 3 nitrogen and oxygen atoms in total. The molecule has 3 heteroatoms. The second-order valence-electron chi connectivity index (χ2n) is 2.97. The van der Waals surface area contributed by atoms with Crippen molar-refractivity contribution < 1.29 is 14.6 Å². The Balaban J connectivity index is 2.29. The van der Waals surface area contributed by atoms with Crippen molar-refractivity contribution in [3.05, 3.63) is 29.3 Å². The molecule has 2 rings (SSSR count). The Morgan fingerprint density at radius 2 is 2.38 bits per heavy atom. The van der Waals surface area contributed by atoms with Crippen molar-refractivity contribution in [2.45, 2.75) is 12.8 Å². The SMILES string of the molecule is O=CCc1ccc2c(c1)CCOO2. The number of hydrogen-bond acceptors (Lipinski definition) is 3. The molecule has 0 N–H and O–H groups in total. The van der Waals surface area contributed by atoms with Gasteiger partial charge in [0.1, 0.15) is 6.29 Å². The molecular weight excluding hydrogens is 168 g/mol. The number of carbonyl (C=O) groups excluding carboxylic acids is 1. The third-order valence-electron chi connectivity index (χ3n) is 2.05. The molecule has 0 aliphatic carbocycles. The molecule has 0 fully saturated rings. The van der Waals surface area contributed by atoms with E-state index in [0.717, 1.165) is 29.6 Å². The van der Waals surface area contributed by atoms with Gasteiger partial charge in [0.2, 0.25) is 0 Å². The third-order valence-corrected chi connectivity index (χ3v) is 2.05. The molecular formula is C10H10O3. The summed E-state index contributed by atoms with van der Waals surface area (Å²) in [7, 11) is 0. The van der Waals surface area contributed by atoms with E-state index in [1.54, 1.807) is 0 Å². The van der Waals surface area contributed by atoms with Gasteiger partial charge in [0.05, 0.1) is 6.61 Å². The summed E-state index contributed by atoms with van der Waals surface area (Å²) in [5.41, 5.74) is 2.14. The largest absolute Gasteiger partial charge is 0.337 e. The molecule has 1 aromatic rings. The van der Waals surface area contributed by atoms with Crippen LogP contribution >= 0.6 is 0 Å². The summed E-state index contributed by atoms with van der Waals surface area (Å²) in [5, 5.41) is 0. The van der Waals surface area contributed by atoms with Crippen molar-refractivity contribution >= 4 is 6.29 Å². The van der Waals surface area contributed by atoms with Crippen LogP contribution in [0.15, 0.2) is 18.2 Å². The minimum absolute atomic E-state index is 0.466. The lowest BCUT2D eigenvalue weighted by Gasteiger charge is -2.15. The molecule has 0 aromatic heterocycles. The van der Waals surface area contributed by atoms with E-state index >= 15 is 0 Å². The van der Waals surface area contributed by atoms with Crippen molar-refractivity contribution in [2.24, 2.45) is 0 Å². The summed E-state index contributed by atoms with van der Waals surface area (Å²) in [5.74, 6) is 0.765. The highest BCUT2D eigenvalue weighted by atomic mass is 17.2. The zero-order chi connectivity index (χ0) is 9.10. The van der Waals surface area contributed by atoms with Crippen molar-refractivity contribution in [1.29, 1.82) is 0 Å². The quantitative estimate of drug-likeness (QED) is 0.505. The van der Waals surface area contributed by atoms with Gasteiger partial charge in [0.25, 0.3) is 0 Å². The first-order chi connectivity index (χ1) is 6.40. The van der Waals surface area contributed by atoms with Gasteiger partial charge in [-0.15, -0.1) is 0 Å². The number of fused-ring (bicyclic) bond motifs is 1. The molecule has 0 atom stereocenters. The highest BCUT2D eigenvalue weighted by Crippen LogP contribution is 2.24. The minimum atomic E-state index is 0.466. The predicted octanol–water partition coefficient (Wildman–Crippen LogP) is 1.29. The fraction of sp³-hybridized carbons (Fsp3) is 0.300. The van der Waals surface area contributed by atoms with E-state index < -0.39 is 0 Å². The highest BCUT2D eigenvalue weighted by molar-refractivity contribution is 5.56. The van der Waals surface area contributed by atoms with Crippen molar-refractivity contribution in [3.8, 4) is 5.75 Å². The van der Waals surface area contributed by atoms with Crippen LogP contribution in [0.1, 0.15) is 11.1 Å². The van der Waals surface area contributed by atoms with Gasteiger partial charge in [0.15, 0.2) is 5.75 Å².